The Labute approximate surface area is 56.4 Å². The topological polar surface area (TPSA) is 20.2 Å². The Kier molecular flexibility index (Phi) is 4.95. The molecule has 0 fully saturated rings. The molecular weight excluding hydrogens is 112 g/mol. The van der Waals surface area contributed by atoms with Gasteiger partial charge in [0.1, 0.15) is 0 Å². The molecule has 1 nitrogen and oxygen atoms in total. The molecule has 0 aromatic rings. The van der Waals surface area contributed by atoms with E-state index < -0.39 is 0 Å². The SMILES string of the molecule is CC(C)=CC#CCCO. The van der Waals surface area contributed by atoms with Crippen LogP contribution in [0.25, 0.3) is 0 Å². The summed E-state index contributed by atoms with van der Waals surface area (Å²) in [4.78, 5) is 0. The van der Waals surface area contributed by atoms with Crippen molar-refractivity contribution in [3.63, 3.8) is 0 Å². The Morgan fingerprint density at radius 2 is 2.22 bits per heavy atom. The zero-order valence-electron chi connectivity index (χ0n) is 5.94. The van der Waals surface area contributed by atoms with Gasteiger partial charge in [-0.05, 0) is 19.9 Å². The van der Waals surface area contributed by atoms with Crippen molar-refractivity contribution in [1.29, 1.82) is 0 Å². The molecule has 0 aliphatic carbocycles. The minimum absolute atomic E-state index is 0.156. The van der Waals surface area contributed by atoms with Gasteiger partial charge in [-0.2, -0.15) is 0 Å². The average molecular weight is 124 g/mol. The molecule has 0 aromatic heterocycles. The van der Waals surface area contributed by atoms with Crippen LogP contribution < -0.4 is 0 Å². The van der Waals surface area contributed by atoms with E-state index in [0.29, 0.717) is 6.42 Å². The van der Waals surface area contributed by atoms with Crippen LogP contribution in [0.4, 0.5) is 0 Å². The average Bonchev–Trinajstić information content (AvgIpc) is 1.80. The minimum Gasteiger partial charge on any atom is -0.395 e. The Morgan fingerprint density at radius 3 is 2.67 bits per heavy atom. The van der Waals surface area contributed by atoms with Crippen molar-refractivity contribution in [2.24, 2.45) is 0 Å². The van der Waals surface area contributed by atoms with E-state index in [0.717, 1.165) is 0 Å². The van der Waals surface area contributed by atoms with Crippen molar-refractivity contribution in [3.05, 3.63) is 11.6 Å². The molecule has 0 heterocycles. The first-order valence-corrected chi connectivity index (χ1v) is 3.00. The molecule has 0 atom stereocenters. The van der Waals surface area contributed by atoms with Crippen LogP contribution >= 0.6 is 0 Å². The van der Waals surface area contributed by atoms with Gasteiger partial charge in [-0.1, -0.05) is 17.4 Å². The van der Waals surface area contributed by atoms with E-state index in [2.05, 4.69) is 11.8 Å². The third-order valence-corrected chi connectivity index (χ3v) is 0.700. The number of hydrogen-bond donors (Lipinski definition) is 1. The van der Waals surface area contributed by atoms with Crippen molar-refractivity contribution in [2.45, 2.75) is 20.3 Å². The van der Waals surface area contributed by atoms with E-state index in [4.69, 9.17) is 5.11 Å². The lowest BCUT2D eigenvalue weighted by molar-refractivity contribution is 0.305. The maximum absolute atomic E-state index is 8.31. The van der Waals surface area contributed by atoms with Gasteiger partial charge in [0.25, 0.3) is 0 Å². The third kappa shape index (κ3) is 7.26. The molecule has 0 saturated carbocycles. The first kappa shape index (κ1) is 8.26. The Bertz CT molecular complexity index is 142. The maximum Gasteiger partial charge on any atom is 0.0540 e. The lowest BCUT2D eigenvalue weighted by Gasteiger charge is -1.78. The Hall–Kier alpha value is -0.740. The number of rotatable bonds is 1. The summed E-state index contributed by atoms with van der Waals surface area (Å²) in [7, 11) is 0. The molecular formula is C8H12O. The standard InChI is InChI=1S/C8H12O/c1-8(2)6-4-3-5-7-9/h6,9H,5,7H2,1-2H3. The van der Waals surface area contributed by atoms with Crippen molar-refractivity contribution >= 4 is 0 Å². The van der Waals surface area contributed by atoms with Gasteiger partial charge in [-0.25, -0.2) is 0 Å². The molecule has 9 heavy (non-hydrogen) atoms. The Morgan fingerprint density at radius 1 is 1.56 bits per heavy atom. The maximum atomic E-state index is 8.31. The zero-order valence-corrected chi connectivity index (χ0v) is 5.94. The molecule has 0 radical (unpaired) electrons. The lowest BCUT2D eigenvalue weighted by atomic mass is 10.3. The smallest absolute Gasteiger partial charge is 0.0540 e. The van der Waals surface area contributed by atoms with Crippen molar-refractivity contribution in [1.82, 2.24) is 0 Å². The van der Waals surface area contributed by atoms with Crippen LogP contribution in [-0.2, 0) is 0 Å². The van der Waals surface area contributed by atoms with E-state index in [1.165, 1.54) is 5.57 Å². The summed E-state index contributed by atoms with van der Waals surface area (Å²) in [6.45, 7) is 4.14. The molecule has 0 saturated heterocycles. The van der Waals surface area contributed by atoms with Crippen LogP contribution in [0.5, 0.6) is 0 Å². The van der Waals surface area contributed by atoms with E-state index in [1.807, 2.05) is 19.9 Å². The summed E-state index contributed by atoms with van der Waals surface area (Å²) in [5.41, 5.74) is 1.19. The molecule has 0 aliphatic rings. The second-order valence-corrected chi connectivity index (χ2v) is 2.02. The van der Waals surface area contributed by atoms with Crippen LogP contribution in [0.2, 0.25) is 0 Å². The van der Waals surface area contributed by atoms with Gasteiger partial charge >= 0.3 is 0 Å². The molecule has 0 aromatic carbocycles. The van der Waals surface area contributed by atoms with Gasteiger partial charge in [0.2, 0.25) is 0 Å². The first-order valence-electron chi connectivity index (χ1n) is 3.00. The largest absolute Gasteiger partial charge is 0.395 e. The van der Waals surface area contributed by atoms with E-state index in [-0.39, 0.29) is 6.61 Å². The summed E-state index contributed by atoms with van der Waals surface area (Å²) >= 11 is 0. The molecule has 0 aliphatic heterocycles. The van der Waals surface area contributed by atoms with Crippen molar-refractivity contribution in [2.75, 3.05) is 6.61 Å². The highest BCUT2D eigenvalue weighted by molar-refractivity contribution is 5.18. The molecule has 0 unspecified atom stereocenters. The Balaban J connectivity index is 3.49. The quantitative estimate of drug-likeness (QED) is 0.523. The zero-order chi connectivity index (χ0) is 7.11. The first-order chi connectivity index (χ1) is 4.27. The van der Waals surface area contributed by atoms with Gasteiger partial charge in [0.15, 0.2) is 0 Å². The van der Waals surface area contributed by atoms with Crippen molar-refractivity contribution < 1.29 is 5.11 Å². The van der Waals surface area contributed by atoms with Crippen LogP contribution in [0.1, 0.15) is 20.3 Å². The highest BCUT2D eigenvalue weighted by atomic mass is 16.2. The van der Waals surface area contributed by atoms with E-state index in [1.54, 1.807) is 0 Å². The summed E-state index contributed by atoms with van der Waals surface area (Å²) in [5, 5.41) is 8.31. The monoisotopic (exact) mass is 124 g/mol. The van der Waals surface area contributed by atoms with Crippen molar-refractivity contribution in [3.8, 4) is 11.8 Å². The molecule has 1 heteroatoms. The number of allylic oxidation sites excluding steroid dienone is 2. The summed E-state index contributed by atoms with van der Waals surface area (Å²) in [5.74, 6) is 5.60. The number of hydrogen-bond acceptors (Lipinski definition) is 1. The molecule has 0 spiro atoms. The molecule has 0 bridgehead atoms. The van der Waals surface area contributed by atoms with Crippen LogP contribution in [0.3, 0.4) is 0 Å². The van der Waals surface area contributed by atoms with Gasteiger partial charge in [-0.3, -0.25) is 0 Å². The van der Waals surface area contributed by atoms with Crippen LogP contribution in [0, 0.1) is 11.8 Å². The summed E-state index contributed by atoms with van der Waals surface area (Å²) < 4.78 is 0. The van der Waals surface area contributed by atoms with Gasteiger partial charge in [0, 0.05) is 6.42 Å². The van der Waals surface area contributed by atoms with E-state index in [9.17, 15) is 0 Å². The van der Waals surface area contributed by atoms with Gasteiger partial charge in [0.05, 0.1) is 6.61 Å². The second kappa shape index (κ2) is 5.40. The van der Waals surface area contributed by atoms with Gasteiger partial charge < -0.3 is 5.11 Å². The van der Waals surface area contributed by atoms with Crippen LogP contribution in [-0.4, -0.2) is 11.7 Å². The summed E-state index contributed by atoms with van der Waals surface area (Å²) in [6.07, 6.45) is 2.42. The molecule has 1 N–H and O–H groups in total. The lowest BCUT2D eigenvalue weighted by Crippen LogP contribution is -1.74. The molecule has 50 valence electrons. The highest BCUT2D eigenvalue weighted by Gasteiger charge is 1.70. The van der Waals surface area contributed by atoms with E-state index >= 15 is 0 Å². The predicted octanol–water partition coefficient (Wildman–Crippen LogP) is 1.34. The molecule has 0 amide bonds. The third-order valence-electron chi connectivity index (χ3n) is 0.700. The molecule has 0 rings (SSSR count). The fraction of sp³-hybridized carbons (Fsp3) is 0.500. The highest BCUT2D eigenvalue weighted by Crippen LogP contribution is 1.84. The summed E-state index contributed by atoms with van der Waals surface area (Å²) in [6, 6.07) is 0. The number of aliphatic hydroxyl groups excluding tert-OH is 1. The number of aliphatic hydroxyl groups is 1. The van der Waals surface area contributed by atoms with Gasteiger partial charge in [-0.15, -0.1) is 0 Å². The fourth-order valence-electron chi connectivity index (χ4n) is 0.323. The normalized spacial score (nSPS) is 7.44. The fourth-order valence-corrected chi connectivity index (χ4v) is 0.323. The predicted molar refractivity (Wildman–Crippen MR) is 38.9 cm³/mol. The minimum atomic E-state index is 0.156. The van der Waals surface area contributed by atoms with Crippen LogP contribution in [0.15, 0.2) is 11.6 Å². The second-order valence-electron chi connectivity index (χ2n) is 2.02.